The molecule has 0 aliphatic heterocycles. The van der Waals surface area contributed by atoms with Crippen LogP contribution in [0.25, 0.3) is 0 Å². The van der Waals surface area contributed by atoms with E-state index in [1.165, 1.54) is 14.0 Å². The van der Waals surface area contributed by atoms with Gasteiger partial charge in [-0.05, 0) is 19.8 Å². The van der Waals surface area contributed by atoms with Gasteiger partial charge in [0.15, 0.2) is 0 Å². The number of hydrogen-bond acceptors (Lipinski definition) is 4. The number of methoxy groups -OCH3 is 1. The number of carbonyl (C=O) groups is 3. The fourth-order valence-corrected chi connectivity index (χ4v) is 1.41. The Kier molecular flexibility index (Phi) is 8.61. The molecule has 0 saturated heterocycles. The second kappa shape index (κ2) is 9.44. The molecule has 0 radical (unpaired) electrons. The third-order valence-corrected chi connectivity index (χ3v) is 2.40. The van der Waals surface area contributed by atoms with Gasteiger partial charge in [0.05, 0.1) is 7.11 Å². The molecule has 0 spiro atoms. The molecule has 0 rings (SSSR count). The van der Waals surface area contributed by atoms with E-state index in [1.54, 1.807) is 6.92 Å². The summed E-state index contributed by atoms with van der Waals surface area (Å²) in [5.41, 5.74) is 0. The highest BCUT2D eigenvalue weighted by Gasteiger charge is 2.12. The van der Waals surface area contributed by atoms with Crippen molar-refractivity contribution in [3.8, 4) is 0 Å². The van der Waals surface area contributed by atoms with Crippen LogP contribution in [0.1, 0.15) is 39.5 Å². The number of ether oxygens (including phenoxy) is 1. The summed E-state index contributed by atoms with van der Waals surface area (Å²) in [6, 6.07) is -0.516. The van der Waals surface area contributed by atoms with Gasteiger partial charge in [0.2, 0.25) is 11.8 Å². The topological polar surface area (TPSA) is 84.5 Å². The van der Waals surface area contributed by atoms with Crippen molar-refractivity contribution in [1.29, 1.82) is 0 Å². The summed E-state index contributed by atoms with van der Waals surface area (Å²) >= 11 is 0. The molecule has 0 bridgehead atoms. The summed E-state index contributed by atoms with van der Waals surface area (Å²) in [7, 11) is 1.37. The van der Waals surface area contributed by atoms with Crippen LogP contribution in [-0.4, -0.2) is 37.5 Å². The largest absolute Gasteiger partial charge is 0.469 e. The number of unbranched alkanes of at least 4 members (excludes halogenated alkanes) is 2. The van der Waals surface area contributed by atoms with Gasteiger partial charge in [0.1, 0.15) is 6.04 Å². The number of amides is 2. The first-order chi connectivity index (χ1) is 8.47. The van der Waals surface area contributed by atoms with E-state index in [9.17, 15) is 14.4 Å². The molecule has 0 aromatic carbocycles. The molecular weight excluding hydrogens is 236 g/mol. The summed E-state index contributed by atoms with van der Waals surface area (Å²) < 4.78 is 4.51. The fraction of sp³-hybridized carbons (Fsp3) is 0.750. The molecule has 1 atom stereocenters. The van der Waals surface area contributed by atoms with Crippen molar-refractivity contribution in [1.82, 2.24) is 10.6 Å². The second-order valence-electron chi connectivity index (χ2n) is 4.10. The zero-order valence-corrected chi connectivity index (χ0v) is 11.2. The molecule has 2 N–H and O–H groups in total. The van der Waals surface area contributed by atoms with Crippen LogP contribution in [0.3, 0.4) is 0 Å². The predicted molar refractivity (Wildman–Crippen MR) is 66.8 cm³/mol. The van der Waals surface area contributed by atoms with Crippen molar-refractivity contribution in [3.05, 3.63) is 0 Å². The lowest BCUT2D eigenvalue weighted by Crippen LogP contribution is -2.44. The van der Waals surface area contributed by atoms with Crippen LogP contribution in [0.4, 0.5) is 0 Å². The predicted octanol–water partition coefficient (Wildman–Crippen LogP) is 0.361. The molecular formula is C12H22N2O4. The molecule has 0 fully saturated rings. The highest BCUT2D eigenvalue weighted by Crippen LogP contribution is 2.00. The van der Waals surface area contributed by atoms with E-state index in [1.807, 2.05) is 0 Å². The van der Waals surface area contributed by atoms with Gasteiger partial charge in [-0.2, -0.15) is 0 Å². The minimum absolute atomic E-state index is 0.196. The van der Waals surface area contributed by atoms with Crippen LogP contribution >= 0.6 is 0 Å². The van der Waals surface area contributed by atoms with Crippen molar-refractivity contribution in [2.24, 2.45) is 0 Å². The first kappa shape index (κ1) is 16.4. The van der Waals surface area contributed by atoms with Gasteiger partial charge in [0, 0.05) is 19.9 Å². The van der Waals surface area contributed by atoms with E-state index in [0.29, 0.717) is 13.0 Å². The molecule has 0 saturated carbocycles. The van der Waals surface area contributed by atoms with E-state index in [4.69, 9.17) is 0 Å². The SMILES string of the molecule is COC(=O)CCCCCNC(=O)C(C)NC(C)=O. The molecule has 0 aromatic rings. The van der Waals surface area contributed by atoms with Crippen LogP contribution in [0.5, 0.6) is 0 Å². The molecule has 0 aliphatic carbocycles. The van der Waals surface area contributed by atoms with E-state index in [2.05, 4.69) is 15.4 Å². The number of hydrogen-bond donors (Lipinski definition) is 2. The highest BCUT2D eigenvalue weighted by molar-refractivity contribution is 5.86. The van der Waals surface area contributed by atoms with Crippen LogP contribution in [-0.2, 0) is 19.1 Å². The maximum atomic E-state index is 11.5. The van der Waals surface area contributed by atoms with E-state index >= 15 is 0 Å². The number of rotatable bonds is 8. The first-order valence-corrected chi connectivity index (χ1v) is 6.09. The first-order valence-electron chi connectivity index (χ1n) is 6.09. The summed E-state index contributed by atoms with van der Waals surface area (Å²) in [5, 5.41) is 5.23. The van der Waals surface area contributed by atoms with Gasteiger partial charge < -0.3 is 15.4 Å². The maximum Gasteiger partial charge on any atom is 0.305 e. The zero-order valence-electron chi connectivity index (χ0n) is 11.2. The Morgan fingerprint density at radius 1 is 1.17 bits per heavy atom. The van der Waals surface area contributed by atoms with Gasteiger partial charge in [-0.3, -0.25) is 14.4 Å². The third kappa shape index (κ3) is 8.55. The molecule has 0 aliphatic rings. The monoisotopic (exact) mass is 258 g/mol. The average Bonchev–Trinajstić information content (AvgIpc) is 2.31. The summed E-state index contributed by atoms with van der Waals surface area (Å²) in [5.74, 6) is -0.632. The molecule has 2 amide bonds. The van der Waals surface area contributed by atoms with Crippen LogP contribution < -0.4 is 10.6 Å². The van der Waals surface area contributed by atoms with Crippen molar-refractivity contribution in [3.63, 3.8) is 0 Å². The van der Waals surface area contributed by atoms with Crippen molar-refractivity contribution < 1.29 is 19.1 Å². The molecule has 0 aromatic heterocycles. The van der Waals surface area contributed by atoms with E-state index < -0.39 is 6.04 Å². The highest BCUT2D eigenvalue weighted by atomic mass is 16.5. The van der Waals surface area contributed by atoms with Crippen LogP contribution in [0.2, 0.25) is 0 Å². The van der Waals surface area contributed by atoms with Gasteiger partial charge in [-0.25, -0.2) is 0 Å². The van der Waals surface area contributed by atoms with Crippen molar-refractivity contribution in [2.75, 3.05) is 13.7 Å². The minimum Gasteiger partial charge on any atom is -0.469 e. The van der Waals surface area contributed by atoms with Gasteiger partial charge >= 0.3 is 5.97 Å². The fourth-order valence-electron chi connectivity index (χ4n) is 1.41. The van der Waals surface area contributed by atoms with Crippen molar-refractivity contribution >= 4 is 17.8 Å². The van der Waals surface area contributed by atoms with Gasteiger partial charge in [0.25, 0.3) is 0 Å². The van der Waals surface area contributed by atoms with E-state index in [0.717, 1.165) is 19.3 Å². The number of carbonyl (C=O) groups excluding carboxylic acids is 3. The Hall–Kier alpha value is -1.59. The molecule has 6 heteroatoms. The second-order valence-corrected chi connectivity index (χ2v) is 4.10. The molecule has 18 heavy (non-hydrogen) atoms. The number of nitrogens with one attached hydrogen (secondary N) is 2. The lowest BCUT2D eigenvalue weighted by atomic mass is 10.2. The quantitative estimate of drug-likeness (QED) is 0.486. The zero-order chi connectivity index (χ0) is 14.0. The average molecular weight is 258 g/mol. The Labute approximate surface area is 107 Å². The molecule has 0 heterocycles. The third-order valence-electron chi connectivity index (χ3n) is 2.40. The molecule has 6 nitrogen and oxygen atoms in total. The van der Waals surface area contributed by atoms with Crippen molar-refractivity contribution in [2.45, 2.75) is 45.6 Å². The van der Waals surface area contributed by atoms with Crippen LogP contribution in [0, 0.1) is 0 Å². The Balaban J connectivity index is 3.51. The summed E-state index contributed by atoms with van der Waals surface area (Å²) in [6.07, 6.45) is 2.82. The van der Waals surface area contributed by atoms with Crippen LogP contribution in [0.15, 0.2) is 0 Å². The minimum atomic E-state index is -0.516. The van der Waals surface area contributed by atoms with E-state index in [-0.39, 0.29) is 17.8 Å². The Morgan fingerprint density at radius 3 is 2.39 bits per heavy atom. The molecule has 1 unspecified atom stereocenters. The Morgan fingerprint density at radius 2 is 1.83 bits per heavy atom. The summed E-state index contributed by atoms with van der Waals surface area (Å²) in [4.78, 5) is 33.0. The summed E-state index contributed by atoms with van der Waals surface area (Å²) in [6.45, 7) is 3.55. The smallest absolute Gasteiger partial charge is 0.305 e. The maximum absolute atomic E-state index is 11.5. The number of esters is 1. The standard InChI is InChI=1S/C12H22N2O4/c1-9(14-10(2)15)12(17)13-8-6-4-5-7-11(16)18-3/h9H,4-8H2,1-3H3,(H,13,17)(H,14,15). The molecule has 104 valence electrons. The normalized spacial score (nSPS) is 11.5. The lowest BCUT2D eigenvalue weighted by molar-refractivity contribution is -0.140. The Bertz CT molecular complexity index is 292. The van der Waals surface area contributed by atoms with Gasteiger partial charge in [-0.15, -0.1) is 0 Å². The lowest BCUT2D eigenvalue weighted by Gasteiger charge is -2.12. The van der Waals surface area contributed by atoms with Gasteiger partial charge in [-0.1, -0.05) is 6.42 Å².